The number of hydrogen-bond donors (Lipinski definition) is 0. The van der Waals surface area contributed by atoms with Crippen molar-refractivity contribution in [3.05, 3.63) is 44.8 Å². The standard InChI is InChI=1S/C15H19BrN2OS/c1-3-7-18-11-12(16)10-14(18)15(19)17(2)8-6-13-5-4-9-20-13/h4-5,9-11H,3,6-8H2,1-2H3. The number of hydrogen-bond acceptors (Lipinski definition) is 2. The molecule has 0 N–H and O–H groups in total. The van der Waals surface area contributed by atoms with Crippen LogP contribution in [-0.2, 0) is 13.0 Å². The van der Waals surface area contributed by atoms with Gasteiger partial charge in [0.2, 0.25) is 0 Å². The topological polar surface area (TPSA) is 25.2 Å². The second-order valence-corrected chi connectivity index (χ2v) is 6.74. The molecule has 0 aliphatic carbocycles. The summed E-state index contributed by atoms with van der Waals surface area (Å²) in [4.78, 5) is 15.6. The first kappa shape index (κ1) is 15.3. The number of rotatable bonds is 6. The van der Waals surface area contributed by atoms with Crippen molar-refractivity contribution in [2.45, 2.75) is 26.3 Å². The molecule has 5 heteroatoms. The maximum Gasteiger partial charge on any atom is 0.270 e. The molecule has 3 nitrogen and oxygen atoms in total. The molecule has 2 aromatic rings. The lowest BCUT2D eigenvalue weighted by Crippen LogP contribution is -2.30. The molecule has 2 rings (SSSR count). The minimum absolute atomic E-state index is 0.0840. The van der Waals surface area contributed by atoms with Gasteiger partial charge in [-0.15, -0.1) is 11.3 Å². The molecule has 0 aliphatic heterocycles. The van der Waals surface area contributed by atoms with Gasteiger partial charge in [-0.3, -0.25) is 4.79 Å². The summed E-state index contributed by atoms with van der Waals surface area (Å²) in [6.07, 6.45) is 3.90. The monoisotopic (exact) mass is 354 g/mol. The van der Waals surface area contributed by atoms with E-state index in [1.807, 2.05) is 29.9 Å². The van der Waals surface area contributed by atoms with Crippen molar-refractivity contribution in [3.8, 4) is 0 Å². The Morgan fingerprint density at radius 1 is 1.50 bits per heavy atom. The van der Waals surface area contributed by atoms with Crippen LogP contribution in [0, 0.1) is 0 Å². The van der Waals surface area contributed by atoms with E-state index < -0.39 is 0 Å². The van der Waals surface area contributed by atoms with Crippen LogP contribution in [0.1, 0.15) is 28.7 Å². The summed E-state index contributed by atoms with van der Waals surface area (Å²) >= 11 is 5.19. The number of aryl methyl sites for hydroxylation is 1. The number of halogens is 1. The molecule has 0 aromatic carbocycles. The highest BCUT2D eigenvalue weighted by atomic mass is 79.9. The van der Waals surface area contributed by atoms with Gasteiger partial charge in [0.05, 0.1) is 0 Å². The minimum atomic E-state index is 0.0840. The molecular weight excluding hydrogens is 336 g/mol. The molecule has 0 unspecified atom stereocenters. The Morgan fingerprint density at radius 3 is 2.95 bits per heavy atom. The second-order valence-electron chi connectivity index (χ2n) is 4.79. The van der Waals surface area contributed by atoms with E-state index in [9.17, 15) is 4.79 Å². The van der Waals surface area contributed by atoms with Crippen LogP contribution < -0.4 is 0 Å². The van der Waals surface area contributed by atoms with Gasteiger partial charge in [0.25, 0.3) is 5.91 Å². The van der Waals surface area contributed by atoms with Gasteiger partial charge in [-0.25, -0.2) is 0 Å². The molecule has 0 saturated carbocycles. The highest BCUT2D eigenvalue weighted by Crippen LogP contribution is 2.17. The number of carbonyl (C=O) groups excluding carboxylic acids is 1. The zero-order valence-electron chi connectivity index (χ0n) is 11.8. The third kappa shape index (κ3) is 3.73. The van der Waals surface area contributed by atoms with Crippen molar-refractivity contribution in [3.63, 3.8) is 0 Å². The Labute approximate surface area is 132 Å². The van der Waals surface area contributed by atoms with E-state index in [2.05, 4.69) is 34.3 Å². The Hall–Kier alpha value is -1.07. The highest BCUT2D eigenvalue weighted by Gasteiger charge is 2.16. The molecule has 2 aromatic heterocycles. The summed E-state index contributed by atoms with van der Waals surface area (Å²) in [6, 6.07) is 6.06. The molecule has 2 heterocycles. The first-order valence-corrected chi connectivity index (χ1v) is 8.42. The fourth-order valence-electron chi connectivity index (χ4n) is 2.11. The minimum Gasteiger partial charge on any atom is -0.342 e. The van der Waals surface area contributed by atoms with E-state index in [1.54, 1.807) is 16.2 Å². The second kappa shape index (κ2) is 7.09. The zero-order chi connectivity index (χ0) is 14.5. The number of thiophene rings is 1. The van der Waals surface area contributed by atoms with E-state index in [-0.39, 0.29) is 5.91 Å². The van der Waals surface area contributed by atoms with Gasteiger partial charge in [-0.05, 0) is 46.3 Å². The lowest BCUT2D eigenvalue weighted by Gasteiger charge is -2.18. The average Bonchev–Trinajstić information content (AvgIpc) is 3.05. The van der Waals surface area contributed by atoms with Crippen LogP contribution in [0.15, 0.2) is 34.2 Å². The molecule has 0 atom stereocenters. The molecule has 0 radical (unpaired) electrons. The fourth-order valence-corrected chi connectivity index (χ4v) is 3.27. The predicted molar refractivity (Wildman–Crippen MR) is 87.4 cm³/mol. The van der Waals surface area contributed by atoms with Gasteiger partial charge >= 0.3 is 0 Å². The van der Waals surface area contributed by atoms with Crippen LogP contribution in [0.3, 0.4) is 0 Å². The van der Waals surface area contributed by atoms with E-state index in [0.29, 0.717) is 0 Å². The lowest BCUT2D eigenvalue weighted by atomic mass is 10.3. The molecule has 0 aliphatic rings. The van der Waals surface area contributed by atoms with Gasteiger partial charge in [0.15, 0.2) is 0 Å². The fraction of sp³-hybridized carbons (Fsp3) is 0.400. The van der Waals surface area contributed by atoms with Gasteiger partial charge in [-0.2, -0.15) is 0 Å². The van der Waals surface area contributed by atoms with Crippen LogP contribution in [0.4, 0.5) is 0 Å². The van der Waals surface area contributed by atoms with Crippen LogP contribution in [0.2, 0.25) is 0 Å². The summed E-state index contributed by atoms with van der Waals surface area (Å²) in [7, 11) is 1.87. The molecule has 0 saturated heterocycles. The average molecular weight is 355 g/mol. The number of likely N-dealkylation sites (N-methyl/N-ethyl adjacent to an activating group) is 1. The van der Waals surface area contributed by atoms with Gasteiger partial charge in [0.1, 0.15) is 5.69 Å². The van der Waals surface area contributed by atoms with Gasteiger partial charge in [0, 0.05) is 35.7 Å². The SMILES string of the molecule is CCCn1cc(Br)cc1C(=O)N(C)CCc1cccs1. The molecule has 108 valence electrons. The normalized spacial score (nSPS) is 10.8. The molecule has 0 fully saturated rings. The van der Waals surface area contributed by atoms with E-state index >= 15 is 0 Å². The Kier molecular flexibility index (Phi) is 5.43. The number of amides is 1. The van der Waals surface area contributed by atoms with E-state index in [1.165, 1.54) is 4.88 Å². The smallest absolute Gasteiger partial charge is 0.270 e. The summed E-state index contributed by atoms with van der Waals surface area (Å²) in [5, 5.41) is 2.07. The summed E-state index contributed by atoms with van der Waals surface area (Å²) in [6.45, 7) is 3.72. The first-order chi connectivity index (χ1) is 9.61. The van der Waals surface area contributed by atoms with Crippen LogP contribution in [0.5, 0.6) is 0 Å². The van der Waals surface area contributed by atoms with Crippen molar-refractivity contribution in [2.24, 2.45) is 0 Å². The first-order valence-electron chi connectivity index (χ1n) is 6.75. The van der Waals surface area contributed by atoms with E-state index in [0.717, 1.165) is 36.1 Å². The van der Waals surface area contributed by atoms with Gasteiger partial charge in [-0.1, -0.05) is 13.0 Å². The van der Waals surface area contributed by atoms with Crippen molar-refractivity contribution < 1.29 is 4.79 Å². The predicted octanol–water partition coefficient (Wildman–Crippen LogP) is 4.04. The molecule has 1 amide bonds. The van der Waals surface area contributed by atoms with Crippen LogP contribution in [0.25, 0.3) is 0 Å². The Morgan fingerprint density at radius 2 is 2.30 bits per heavy atom. The van der Waals surface area contributed by atoms with Gasteiger partial charge < -0.3 is 9.47 Å². The summed E-state index contributed by atoms with van der Waals surface area (Å²) in [5.41, 5.74) is 0.757. The van der Waals surface area contributed by atoms with E-state index in [4.69, 9.17) is 0 Å². The maximum atomic E-state index is 12.5. The number of carbonyl (C=O) groups is 1. The third-order valence-electron chi connectivity index (χ3n) is 3.17. The number of aromatic nitrogens is 1. The van der Waals surface area contributed by atoms with Crippen LogP contribution >= 0.6 is 27.3 Å². The Balaban J connectivity index is 2.02. The molecule has 20 heavy (non-hydrogen) atoms. The Bertz CT molecular complexity index is 562. The quantitative estimate of drug-likeness (QED) is 0.768. The van der Waals surface area contributed by atoms with Crippen molar-refractivity contribution >= 4 is 33.2 Å². The zero-order valence-corrected chi connectivity index (χ0v) is 14.2. The third-order valence-corrected chi connectivity index (χ3v) is 4.54. The lowest BCUT2D eigenvalue weighted by molar-refractivity contribution is 0.0786. The molecule has 0 spiro atoms. The van der Waals surface area contributed by atoms with Crippen molar-refractivity contribution in [1.29, 1.82) is 0 Å². The van der Waals surface area contributed by atoms with Crippen molar-refractivity contribution in [2.75, 3.05) is 13.6 Å². The largest absolute Gasteiger partial charge is 0.342 e. The molecule has 0 bridgehead atoms. The van der Waals surface area contributed by atoms with Crippen molar-refractivity contribution in [1.82, 2.24) is 9.47 Å². The van der Waals surface area contributed by atoms with Crippen LogP contribution in [-0.4, -0.2) is 29.0 Å². The molecular formula is C15H19BrN2OS. The maximum absolute atomic E-state index is 12.5. The highest BCUT2D eigenvalue weighted by molar-refractivity contribution is 9.10. The number of nitrogens with zero attached hydrogens (tertiary/aromatic N) is 2. The summed E-state index contributed by atoms with van der Waals surface area (Å²) in [5.74, 6) is 0.0840. The summed E-state index contributed by atoms with van der Waals surface area (Å²) < 4.78 is 2.98.